The summed E-state index contributed by atoms with van der Waals surface area (Å²) in [5, 5.41) is 10.7. The van der Waals surface area contributed by atoms with Crippen molar-refractivity contribution in [3.05, 3.63) is 174 Å². The van der Waals surface area contributed by atoms with Crippen molar-refractivity contribution in [3.63, 3.8) is 0 Å². The molecule has 0 nitrogen and oxygen atoms in total. The van der Waals surface area contributed by atoms with E-state index in [1.807, 2.05) is 12.2 Å². The van der Waals surface area contributed by atoms with Crippen LogP contribution in [0.3, 0.4) is 0 Å². The van der Waals surface area contributed by atoms with E-state index in [2.05, 4.69) is 181 Å². The third-order valence-corrected chi connectivity index (χ3v) is 10.5. The van der Waals surface area contributed by atoms with E-state index in [9.17, 15) is 0 Å². The molecule has 0 spiro atoms. The monoisotopic (exact) mass is 770 g/mol. The third-order valence-electron chi connectivity index (χ3n) is 9.10. The number of fused-ring (bicyclic) bond motifs is 5. The molecule has 0 bridgehead atoms. The van der Waals surface area contributed by atoms with E-state index in [4.69, 9.17) is 0 Å². The van der Waals surface area contributed by atoms with Crippen LogP contribution in [-0.2, 0) is 35.1 Å². The fraction of sp³-hybridized carbons (Fsp3) is 0.191. The summed E-state index contributed by atoms with van der Waals surface area (Å²) >= 11 is 1.44. The number of rotatable bonds is 2. The van der Waals surface area contributed by atoms with Crippen LogP contribution in [0.25, 0.3) is 43.1 Å². The van der Waals surface area contributed by atoms with Gasteiger partial charge in [-0.15, -0.1) is 71.0 Å². The van der Waals surface area contributed by atoms with E-state index >= 15 is 0 Å². The van der Waals surface area contributed by atoms with Crippen LogP contribution >= 0.6 is 24.8 Å². The maximum atomic E-state index is 2.99. The fourth-order valence-electron chi connectivity index (χ4n) is 6.15. The van der Waals surface area contributed by atoms with E-state index in [-0.39, 0.29) is 35.6 Å². The molecule has 0 saturated carbocycles. The Morgan fingerprint density at radius 1 is 0.560 bits per heavy atom. The molecule has 8 rings (SSSR count). The first-order valence-electron chi connectivity index (χ1n) is 16.9. The zero-order chi connectivity index (χ0) is 33.9. The summed E-state index contributed by atoms with van der Waals surface area (Å²) in [7, 11) is 0. The van der Waals surface area contributed by atoms with Gasteiger partial charge in [-0.05, 0) is 10.8 Å². The normalized spacial score (nSPS) is 12.2. The van der Waals surface area contributed by atoms with E-state index in [1.165, 1.54) is 92.8 Å². The Kier molecular flexibility index (Phi) is 13.1. The molecule has 1 aliphatic rings. The second-order valence-corrected chi connectivity index (χ2v) is 16.0. The molecular weight excluding hydrogens is 727 g/mol. The van der Waals surface area contributed by atoms with Crippen LogP contribution in [0.4, 0.5) is 0 Å². The van der Waals surface area contributed by atoms with Gasteiger partial charge in [0.05, 0.1) is 0 Å². The van der Waals surface area contributed by atoms with Gasteiger partial charge in [0.1, 0.15) is 0 Å². The van der Waals surface area contributed by atoms with Crippen molar-refractivity contribution in [2.24, 2.45) is 0 Å². The number of halogens is 2. The second kappa shape index (κ2) is 16.7. The van der Waals surface area contributed by atoms with E-state index in [0.717, 1.165) is 6.42 Å². The average Bonchev–Trinajstić information content (AvgIpc) is 3.79. The van der Waals surface area contributed by atoms with Crippen molar-refractivity contribution >= 4 is 71.1 Å². The molecule has 0 unspecified atom stereocenters. The van der Waals surface area contributed by atoms with Gasteiger partial charge in [-0.25, -0.2) is 12.2 Å². The maximum absolute atomic E-state index is 2.99. The predicted octanol–water partition coefficient (Wildman–Crippen LogP) is 13.6. The summed E-state index contributed by atoms with van der Waals surface area (Å²) in [6.07, 6.45) is 10.0. The van der Waals surface area contributed by atoms with Crippen LogP contribution in [0.15, 0.2) is 146 Å². The molecule has 0 fully saturated rings. The Bertz CT molecular complexity index is 2150. The Labute approximate surface area is 325 Å². The van der Waals surface area contributed by atoms with Gasteiger partial charge in [-0.1, -0.05) is 76.9 Å². The van der Waals surface area contributed by atoms with E-state index in [0.29, 0.717) is 0 Å². The van der Waals surface area contributed by atoms with Crippen LogP contribution in [0.1, 0.15) is 70.2 Å². The molecule has 3 heteroatoms. The molecule has 0 saturated heterocycles. The van der Waals surface area contributed by atoms with Crippen LogP contribution in [0, 0.1) is 6.08 Å². The predicted molar refractivity (Wildman–Crippen MR) is 222 cm³/mol. The third kappa shape index (κ3) is 9.24. The van der Waals surface area contributed by atoms with Gasteiger partial charge in [0.15, 0.2) is 0 Å². The molecule has 0 aromatic heterocycles. The number of hydrogen-bond acceptors (Lipinski definition) is 0. The Morgan fingerprint density at radius 3 is 1.36 bits per heavy atom. The molecule has 0 heterocycles. The summed E-state index contributed by atoms with van der Waals surface area (Å²) in [4.78, 5) is 0. The molecule has 0 atom stereocenters. The Morgan fingerprint density at radius 2 is 1.00 bits per heavy atom. The van der Waals surface area contributed by atoms with Crippen molar-refractivity contribution in [1.29, 1.82) is 0 Å². The quantitative estimate of drug-likeness (QED) is 0.154. The van der Waals surface area contributed by atoms with Crippen LogP contribution in [0.2, 0.25) is 0 Å². The van der Waals surface area contributed by atoms with E-state index in [1.54, 1.807) is 0 Å². The van der Waals surface area contributed by atoms with Crippen LogP contribution in [0.5, 0.6) is 0 Å². The van der Waals surface area contributed by atoms with Gasteiger partial charge in [0.25, 0.3) is 0 Å². The average molecular weight is 773 g/mol. The molecule has 0 N–H and O–H groups in total. The van der Waals surface area contributed by atoms with Gasteiger partial charge in [-0.2, -0.15) is 6.08 Å². The van der Waals surface area contributed by atoms with Gasteiger partial charge in [0, 0.05) is 0 Å². The molecule has 0 radical (unpaired) electrons. The van der Waals surface area contributed by atoms with Crippen LogP contribution in [-0.4, -0.2) is 3.21 Å². The van der Waals surface area contributed by atoms with Gasteiger partial charge in [0.2, 0.25) is 0 Å². The zero-order valence-electron chi connectivity index (χ0n) is 29.9. The van der Waals surface area contributed by atoms with Crippen LogP contribution < -0.4 is 0 Å². The molecule has 7 aromatic carbocycles. The standard InChI is InChI=1S/C21H14.C21H25.C5H5.2ClH.Zr/c1-3-7-20-14-16(9-11-18(20)5-1)13-17-10-12-19-6-2-4-8-21(19)15-17;1-20(2,3)16-7-9-18-14(12-16)11-15-13-17(21(4,5)6)8-10-19(15)18;1-2-4-5-3-1;;;/h1-12,14-15H;7-13H,1-6H3;1-3H,4H2;2*1H;/q;2*-1;;;+2. The summed E-state index contributed by atoms with van der Waals surface area (Å²) in [5.41, 5.74) is 5.87. The molecule has 0 amide bonds. The first kappa shape index (κ1) is 39.3. The van der Waals surface area contributed by atoms with Gasteiger partial charge >= 0.3 is 145 Å². The SMILES string of the molecule is CC(C)(C)c1ccc2c(c1)[cH-]c1cc(C(C)(C)C)ccc12.Cl.Cl.[C-]1=CC=CC1.[Zr+2]=[C](c1ccc2ccccc2c1)c1ccc2ccccc2c1. The Balaban J connectivity index is 0.000000190. The molecule has 1 aliphatic carbocycles. The first-order valence-corrected chi connectivity index (χ1v) is 18.1. The van der Waals surface area contributed by atoms with Crippen molar-refractivity contribution in [2.75, 3.05) is 0 Å². The summed E-state index contributed by atoms with van der Waals surface area (Å²) < 4.78 is 1.41. The summed E-state index contributed by atoms with van der Waals surface area (Å²) in [6, 6.07) is 46.8. The molecule has 252 valence electrons. The van der Waals surface area contributed by atoms with Crippen molar-refractivity contribution in [1.82, 2.24) is 0 Å². The first-order chi connectivity index (χ1) is 23.0. The second-order valence-electron chi connectivity index (χ2n) is 14.8. The summed E-state index contributed by atoms with van der Waals surface area (Å²) in [5.74, 6) is 0. The van der Waals surface area contributed by atoms with Gasteiger partial charge < -0.3 is 0 Å². The van der Waals surface area contributed by atoms with Crippen molar-refractivity contribution < 1.29 is 24.2 Å². The Hall–Kier alpha value is -3.48. The molecule has 7 aromatic rings. The molecule has 0 aliphatic heterocycles. The zero-order valence-corrected chi connectivity index (χ0v) is 34.0. The van der Waals surface area contributed by atoms with Gasteiger partial charge in [-0.3, -0.25) is 6.08 Å². The number of benzene rings is 6. The fourth-order valence-corrected chi connectivity index (χ4v) is 6.92. The number of hydrogen-bond donors (Lipinski definition) is 0. The molecular formula is C47H46Cl2Zr. The topological polar surface area (TPSA) is 0 Å². The molecule has 50 heavy (non-hydrogen) atoms. The van der Waals surface area contributed by atoms with Crippen molar-refractivity contribution in [3.8, 4) is 0 Å². The summed E-state index contributed by atoms with van der Waals surface area (Å²) in [6.45, 7) is 13.6. The minimum absolute atomic E-state index is 0. The van der Waals surface area contributed by atoms with Crippen molar-refractivity contribution in [2.45, 2.75) is 58.8 Å². The van der Waals surface area contributed by atoms with E-state index < -0.39 is 0 Å². The minimum atomic E-state index is 0. The number of allylic oxidation sites excluding steroid dienone is 4.